The predicted octanol–water partition coefficient (Wildman–Crippen LogP) is 3.09. The molecule has 0 bridgehead atoms. The fourth-order valence-electron chi connectivity index (χ4n) is 1.64. The number of rotatable bonds is 4. The van der Waals surface area contributed by atoms with E-state index in [1.165, 1.54) is 0 Å². The topological polar surface area (TPSA) is 34.1 Å². The molecule has 0 atom stereocenters. The van der Waals surface area contributed by atoms with E-state index >= 15 is 0 Å². The normalized spacial score (nSPS) is 9.72. The zero-order valence-electron chi connectivity index (χ0n) is 9.67. The zero-order valence-corrected chi connectivity index (χ0v) is 9.67. The summed E-state index contributed by atoms with van der Waals surface area (Å²) < 4.78 is 0. The Bertz CT molecular complexity index is 580. The van der Waals surface area contributed by atoms with E-state index in [2.05, 4.69) is 0 Å². The highest BCUT2D eigenvalue weighted by molar-refractivity contribution is 6.10. The third-order valence-electron chi connectivity index (χ3n) is 2.62. The molecule has 0 unspecified atom stereocenters. The van der Waals surface area contributed by atoms with Gasteiger partial charge in [-0.25, -0.2) is 0 Å². The minimum atomic E-state index is -0.256. The average molecular weight is 235 g/mol. The molecular formula is C16H11O2+. The molecular weight excluding hydrogens is 224 g/mol. The van der Waals surface area contributed by atoms with Crippen molar-refractivity contribution < 1.29 is 9.59 Å². The largest absolute Gasteiger partial charge is 0.334 e. The molecule has 2 nitrogen and oxygen atoms in total. The van der Waals surface area contributed by atoms with Crippen LogP contribution in [-0.4, -0.2) is 11.6 Å². The number of hydrogen-bond acceptors (Lipinski definition) is 2. The Labute approximate surface area is 106 Å². The van der Waals surface area contributed by atoms with Gasteiger partial charge in [0.05, 0.1) is 6.58 Å². The number of benzene rings is 2. The van der Waals surface area contributed by atoms with Crippen molar-refractivity contribution in [1.29, 1.82) is 0 Å². The summed E-state index contributed by atoms with van der Waals surface area (Å²) in [5, 5.41) is 0. The molecule has 0 aromatic heterocycles. The molecule has 0 saturated heterocycles. The number of carbonyl (C=O) groups is 2. The van der Waals surface area contributed by atoms with Crippen LogP contribution >= 0.6 is 0 Å². The summed E-state index contributed by atoms with van der Waals surface area (Å²) in [6.07, 6.45) is 1.01. The zero-order chi connectivity index (χ0) is 13.0. The summed E-state index contributed by atoms with van der Waals surface area (Å²) in [5.41, 5.74) is 1.65. The standard InChI is InChI=1S/C16H11O2/c1-2-15(17)12-8-10-14(11-9-12)16(18)13-6-4-3-5-7-13/h1-11H/q+1. The van der Waals surface area contributed by atoms with Crippen molar-refractivity contribution in [3.63, 3.8) is 0 Å². The van der Waals surface area contributed by atoms with Gasteiger partial charge in [0.25, 0.3) is 0 Å². The van der Waals surface area contributed by atoms with Crippen LogP contribution in [-0.2, 0) is 0 Å². The SMILES string of the molecule is [CH+]=CC(=O)c1ccc(C(=O)c2ccccc2)cc1. The lowest BCUT2D eigenvalue weighted by atomic mass is 10.0. The molecule has 2 heteroatoms. The van der Waals surface area contributed by atoms with E-state index in [0.717, 1.165) is 6.08 Å². The first-order valence-corrected chi connectivity index (χ1v) is 5.51. The third kappa shape index (κ3) is 2.40. The van der Waals surface area contributed by atoms with Crippen molar-refractivity contribution in [3.8, 4) is 0 Å². The Morgan fingerprint density at radius 3 is 1.83 bits per heavy atom. The van der Waals surface area contributed by atoms with E-state index < -0.39 is 0 Å². The van der Waals surface area contributed by atoms with Gasteiger partial charge in [-0.2, -0.15) is 4.79 Å². The fraction of sp³-hybridized carbons (Fsp3) is 0. The first-order chi connectivity index (χ1) is 8.72. The highest BCUT2D eigenvalue weighted by Crippen LogP contribution is 2.11. The summed E-state index contributed by atoms with van der Waals surface area (Å²) in [7, 11) is 0. The molecule has 2 rings (SSSR count). The minimum Gasteiger partial charge on any atom is -0.289 e. The lowest BCUT2D eigenvalue weighted by molar-refractivity contribution is 0.103. The van der Waals surface area contributed by atoms with Crippen LogP contribution in [0.2, 0.25) is 0 Å². The van der Waals surface area contributed by atoms with Crippen molar-refractivity contribution in [2.24, 2.45) is 0 Å². The molecule has 0 fully saturated rings. The molecule has 2 aromatic rings. The van der Waals surface area contributed by atoms with Crippen molar-refractivity contribution in [1.82, 2.24) is 0 Å². The Morgan fingerprint density at radius 1 is 0.778 bits per heavy atom. The van der Waals surface area contributed by atoms with Crippen LogP contribution in [0.1, 0.15) is 26.3 Å². The van der Waals surface area contributed by atoms with E-state index in [1.54, 1.807) is 36.4 Å². The fourth-order valence-corrected chi connectivity index (χ4v) is 1.64. The summed E-state index contributed by atoms with van der Waals surface area (Å²) in [5.74, 6) is -0.319. The van der Waals surface area contributed by atoms with Gasteiger partial charge in [-0.15, -0.1) is 0 Å². The Balaban J connectivity index is 2.28. The maximum Gasteiger partial charge on any atom is 0.334 e. The molecule has 2 aromatic carbocycles. The summed E-state index contributed by atoms with van der Waals surface area (Å²) in [6.45, 7) is 5.15. The van der Waals surface area contributed by atoms with E-state index in [1.807, 2.05) is 18.2 Å². The lowest BCUT2D eigenvalue weighted by Gasteiger charge is -2.00. The summed E-state index contributed by atoms with van der Waals surface area (Å²) in [4.78, 5) is 23.4. The number of ketones is 2. The first-order valence-electron chi connectivity index (χ1n) is 5.51. The van der Waals surface area contributed by atoms with Gasteiger partial charge in [0, 0.05) is 11.1 Å². The van der Waals surface area contributed by atoms with Crippen LogP contribution in [0, 0.1) is 6.58 Å². The van der Waals surface area contributed by atoms with Crippen molar-refractivity contribution in [2.75, 3.05) is 0 Å². The van der Waals surface area contributed by atoms with Gasteiger partial charge < -0.3 is 0 Å². The van der Waals surface area contributed by atoms with Gasteiger partial charge >= 0.3 is 5.78 Å². The van der Waals surface area contributed by atoms with Crippen LogP contribution < -0.4 is 0 Å². The number of hydrogen-bond donors (Lipinski definition) is 0. The molecule has 0 amide bonds. The highest BCUT2D eigenvalue weighted by Gasteiger charge is 2.12. The second-order valence-electron chi connectivity index (χ2n) is 3.80. The van der Waals surface area contributed by atoms with Crippen molar-refractivity contribution in [2.45, 2.75) is 0 Å². The van der Waals surface area contributed by atoms with E-state index in [9.17, 15) is 9.59 Å². The third-order valence-corrected chi connectivity index (χ3v) is 2.62. The van der Waals surface area contributed by atoms with Crippen LogP contribution in [0.25, 0.3) is 0 Å². The Kier molecular flexibility index (Phi) is 3.42. The van der Waals surface area contributed by atoms with Gasteiger partial charge in [0.2, 0.25) is 6.08 Å². The maximum atomic E-state index is 12.1. The first kappa shape index (κ1) is 11.9. The highest BCUT2D eigenvalue weighted by atomic mass is 16.1. The number of carbonyl (C=O) groups excluding carboxylic acids is 2. The lowest BCUT2D eigenvalue weighted by Crippen LogP contribution is -2.02. The molecule has 0 saturated carbocycles. The van der Waals surface area contributed by atoms with Gasteiger partial charge in [0.1, 0.15) is 5.56 Å². The quantitative estimate of drug-likeness (QED) is 0.463. The predicted molar refractivity (Wildman–Crippen MR) is 69.5 cm³/mol. The molecule has 18 heavy (non-hydrogen) atoms. The second kappa shape index (κ2) is 5.17. The van der Waals surface area contributed by atoms with Crippen molar-refractivity contribution in [3.05, 3.63) is 83.9 Å². The molecule has 0 spiro atoms. The smallest absolute Gasteiger partial charge is 0.289 e. The molecule has 0 N–H and O–H groups in total. The van der Waals surface area contributed by atoms with Gasteiger partial charge in [-0.3, -0.25) is 4.79 Å². The van der Waals surface area contributed by atoms with Gasteiger partial charge in [-0.1, -0.05) is 30.3 Å². The van der Waals surface area contributed by atoms with E-state index in [4.69, 9.17) is 6.58 Å². The average Bonchev–Trinajstić information content (AvgIpc) is 2.47. The molecule has 0 aliphatic carbocycles. The van der Waals surface area contributed by atoms with Crippen molar-refractivity contribution >= 4 is 11.6 Å². The van der Waals surface area contributed by atoms with E-state index in [0.29, 0.717) is 16.7 Å². The number of allylic oxidation sites excluding steroid dienone is 1. The minimum absolute atomic E-state index is 0.0636. The van der Waals surface area contributed by atoms with E-state index in [-0.39, 0.29) is 11.6 Å². The van der Waals surface area contributed by atoms with Crippen LogP contribution in [0.3, 0.4) is 0 Å². The molecule has 0 aliphatic heterocycles. The Hall–Kier alpha value is -2.57. The van der Waals surface area contributed by atoms with Crippen LogP contribution in [0.5, 0.6) is 0 Å². The molecule has 0 heterocycles. The van der Waals surface area contributed by atoms with Gasteiger partial charge in [0.15, 0.2) is 5.78 Å². The molecule has 0 aliphatic rings. The van der Waals surface area contributed by atoms with Crippen LogP contribution in [0.15, 0.2) is 60.7 Å². The maximum absolute atomic E-state index is 12.1. The second-order valence-corrected chi connectivity index (χ2v) is 3.80. The van der Waals surface area contributed by atoms with Crippen LogP contribution in [0.4, 0.5) is 0 Å². The Morgan fingerprint density at radius 2 is 1.28 bits per heavy atom. The monoisotopic (exact) mass is 235 g/mol. The summed E-state index contributed by atoms with van der Waals surface area (Å²) >= 11 is 0. The van der Waals surface area contributed by atoms with Gasteiger partial charge in [-0.05, 0) is 24.3 Å². The molecule has 0 radical (unpaired) electrons. The molecule has 86 valence electrons. The summed E-state index contributed by atoms with van der Waals surface area (Å²) in [6, 6.07) is 15.5.